The number of nitrogens with one attached hydrogen (secondary N) is 1. The molecule has 1 amide bonds. The van der Waals surface area contributed by atoms with Crippen molar-refractivity contribution < 1.29 is 14.3 Å². The van der Waals surface area contributed by atoms with Gasteiger partial charge in [0.2, 0.25) is 11.9 Å². The molecule has 2 aliphatic rings. The number of amides is 1. The zero-order valence-corrected chi connectivity index (χ0v) is 16.2. The Morgan fingerprint density at radius 1 is 1.36 bits per heavy atom. The zero-order chi connectivity index (χ0) is 19.3. The fourth-order valence-corrected chi connectivity index (χ4v) is 3.75. The number of nitrogens with zero attached hydrogens (tertiary/aromatic N) is 3. The second-order valence-corrected chi connectivity index (χ2v) is 7.25. The molecule has 0 unspecified atom stereocenters. The molecule has 1 aromatic carbocycles. The van der Waals surface area contributed by atoms with E-state index in [0.29, 0.717) is 13.0 Å². The molecule has 2 heterocycles. The summed E-state index contributed by atoms with van der Waals surface area (Å²) in [5.41, 5.74) is 3.19. The zero-order valence-electron chi connectivity index (χ0n) is 16.2. The predicted molar refractivity (Wildman–Crippen MR) is 105 cm³/mol. The quantitative estimate of drug-likeness (QED) is 0.849. The Morgan fingerprint density at radius 2 is 2.21 bits per heavy atom. The number of rotatable bonds is 5. The van der Waals surface area contributed by atoms with Crippen molar-refractivity contribution in [2.45, 2.75) is 25.8 Å². The van der Waals surface area contributed by atoms with Crippen LogP contribution in [0.4, 0.5) is 5.95 Å². The summed E-state index contributed by atoms with van der Waals surface area (Å²) >= 11 is 0. The van der Waals surface area contributed by atoms with E-state index in [0.717, 1.165) is 67.7 Å². The molecular formula is C21H26N4O3. The number of anilines is 1. The molecule has 1 fully saturated rings. The first-order valence-corrected chi connectivity index (χ1v) is 9.81. The highest BCUT2D eigenvalue weighted by Gasteiger charge is 2.26. The molecule has 2 aromatic rings. The number of morpholine rings is 1. The number of ether oxygens (including phenoxy) is 2. The van der Waals surface area contributed by atoms with E-state index < -0.39 is 0 Å². The first-order valence-electron chi connectivity index (χ1n) is 9.81. The van der Waals surface area contributed by atoms with Crippen molar-refractivity contribution in [3.05, 3.63) is 47.3 Å². The van der Waals surface area contributed by atoms with E-state index in [2.05, 4.69) is 15.2 Å². The van der Waals surface area contributed by atoms with Crippen LogP contribution in [-0.2, 0) is 28.9 Å². The highest BCUT2D eigenvalue weighted by atomic mass is 16.5. The van der Waals surface area contributed by atoms with Gasteiger partial charge < -0.3 is 19.7 Å². The molecule has 1 aliphatic carbocycles. The summed E-state index contributed by atoms with van der Waals surface area (Å²) in [5.74, 6) is 1.64. The summed E-state index contributed by atoms with van der Waals surface area (Å²) in [7, 11) is 1.64. The van der Waals surface area contributed by atoms with Crippen molar-refractivity contribution in [1.29, 1.82) is 0 Å². The maximum atomic E-state index is 12.6. The minimum atomic E-state index is -0.0315. The van der Waals surface area contributed by atoms with Gasteiger partial charge in [-0.2, -0.15) is 0 Å². The largest absolute Gasteiger partial charge is 0.497 e. The van der Waals surface area contributed by atoms with Crippen LogP contribution in [0.2, 0.25) is 0 Å². The number of benzene rings is 1. The number of aryl methyl sites for hydroxylation is 1. The smallest absolute Gasteiger partial charge is 0.225 e. The summed E-state index contributed by atoms with van der Waals surface area (Å²) in [5, 5.41) is 3.06. The first kappa shape index (κ1) is 18.7. The molecule has 4 rings (SSSR count). The minimum Gasteiger partial charge on any atom is -0.497 e. The van der Waals surface area contributed by atoms with E-state index >= 15 is 0 Å². The van der Waals surface area contributed by atoms with Gasteiger partial charge in [-0.1, -0.05) is 12.1 Å². The number of carbonyl (C=O) groups excluding carboxylic acids is 1. The highest BCUT2D eigenvalue weighted by Crippen LogP contribution is 2.26. The number of aromatic nitrogens is 2. The summed E-state index contributed by atoms with van der Waals surface area (Å²) in [4.78, 5) is 24.1. The Balaban J connectivity index is 1.36. The molecule has 0 spiro atoms. The van der Waals surface area contributed by atoms with Crippen LogP contribution < -0.4 is 15.0 Å². The van der Waals surface area contributed by atoms with Gasteiger partial charge in [-0.05, 0) is 42.5 Å². The molecule has 7 heteroatoms. The van der Waals surface area contributed by atoms with Crippen molar-refractivity contribution in [2.75, 3.05) is 38.3 Å². The number of carbonyl (C=O) groups is 1. The van der Waals surface area contributed by atoms with Gasteiger partial charge >= 0.3 is 0 Å². The lowest BCUT2D eigenvalue weighted by Gasteiger charge is -2.28. The predicted octanol–water partition coefficient (Wildman–Crippen LogP) is 1.74. The average Bonchev–Trinajstić information content (AvgIpc) is 2.77. The Labute approximate surface area is 165 Å². The summed E-state index contributed by atoms with van der Waals surface area (Å²) in [6, 6.07) is 7.76. The Kier molecular flexibility index (Phi) is 5.71. The van der Waals surface area contributed by atoms with Gasteiger partial charge in [0, 0.05) is 37.4 Å². The monoisotopic (exact) mass is 382 g/mol. The first-order chi connectivity index (χ1) is 13.7. The fraction of sp³-hybridized carbons (Fsp3) is 0.476. The van der Waals surface area contributed by atoms with Crippen LogP contribution in [0.1, 0.15) is 23.2 Å². The summed E-state index contributed by atoms with van der Waals surface area (Å²) < 4.78 is 10.6. The Hall–Kier alpha value is -2.67. The maximum Gasteiger partial charge on any atom is 0.225 e. The number of fused-ring (bicyclic) bond motifs is 1. The molecule has 0 bridgehead atoms. The van der Waals surface area contributed by atoms with Gasteiger partial charge in [0.25, 0.3) is 0 Å². The lowest BCUT2D eigenvalue weighted by atomic mass is 9.86. The van der Waals surface area contributed by atoms with Gasteiger partial charge in [-0.25, -0.2) is 9.97 Å². The van der Waals surface area contributed by atoms with Crippen molar-refractivity contribution in [1.82, 2.24) is 15.3 Å². The SMILES string of the molecule is COc1cccc(CNC(=O)[C@@H]2CCc3nc(N4CCOCC4)ncc3C2)c1. The van der Waals surface area contributed by atoms with E-state index in [4.69, 9.17) is 14.5 Å². The van der Waals surface area contributed by atoms with Crippen LogP contribution in [0.3, 0.4) is 0 Å². The molecule has 0 saturated carbocycles. The van der Waals surface area contributed by atoms with E-state index in [1.807, 2.05) is 30.5 Å². The molecule has 1 atom stereocenters. The van der Waals surface area contributed by atoms with Gasteiger partial charge in [0.15, 0.2) is 0 Å². The van der Waals surface area contributed by atoms with Crippen LogP contribution in [-0.4, -0.2) is 49.3 Å². The third kappa shape index (κ3) is 4.25. The number of methoxy groups -OCH3 is 1. The van der Waals surface area contributed by atoms with Crippen molar-refractivity contribution in [3.63, 3.8) is 0 Å². The van der Waals surface area contributed by atoms with E-state index in [1.54, 1.807) is 7.11 Å². The van der Waals surface area contributed by atoms with Crippen molar-refractivity contribution in [2.24, 2.45) is 5.92 Å². The van der Waals surface area contributed by atoms with E-state index in [1.165, 1.54) is 0 Å². The normalized spacial score (nSPS) is 19.0. The molecule has 148 valence electrons. The maximum absolute atomic E-state index is 12.6. The third-order valence-corrected chi connectivity index (χ3v) is 5.40. The van der Waals surface area contributed by atoms with Crippen LogP contribution >= 0.6 is 0 Å². The molecular weight excluding hydrogens is 356 g/mol. The molecule has 1 N–H and O–H groups in total. The van der Waals surface area contributed by atoms with Gasteiger partial charge in [0.05, 0.1) is 20.3 Å². The molecule has 1 aromatic heterocycles. The second-order valence-electron chi connectivity index (χ2n) is 7.25. The molecule has 7 nitrogen and oxygen atoms in total. The van der Waals surface area contributed by atoms with Crippen molar-refractivity contribution >= 4 is 11.9 Å². The standard InChI is InChI=1S/C21H26N4O3/c1-27-18-4-2-3-15(11-18)13-22-20(26)16-5-6-19-17(12-16)14-23-21(24-19)25-7-9-28-10-8-25/h2-4,11,14,16H,5-10,12-13H2,1H3,(H,22,26)/t16-/m1/s1. The van der Waals surface area contributed by atoms with Crippen LogP contribution in [0, 0.1) is 5.92 Å². The van der Waals surface area contributed by atoms with E-state index in [9.17, 15) is 4.79 Å². The number of hydrogen-bond acceptors (Lipinski definition) is 6. The lowest BCUT2D eigenvalue weighted by molar-refractivity contribution is -0.125. The van der Waals surface area contributed by atoms with Gasteiger partial charge in [-0.15, -0.1) is 0 Å². The summed E-state index contributed by atoms with van der Waals surface area (Å²) in [6.07, 6.45) is 4.22. The second kappa shape index (κ2) is 8.56. The Bertz CT molecular complexity index is 836. The fourth-order valence-electron chi connectivity index (χ4n) is 3.75. The Morgan fingerprint density at radius 3 is 3.04 bits per heavy atom. The van der Waals surface area contributed by atoms with Crippen molar-refractivity contribution in [3.8, 4) is 5.75 Å². The molecule has 28 heavy (non-hydrogen) atoms. The van der Waals surface area contributed by atoms with Crippen LogP contribution in [0.15, 0.2) is 30.5 Å². The average molecular weight is 382 g/mol. The summed E-state index contributed by atoms with van der Waals surface area (Å²) in [6.45, 7) is 3.60. The topological polar surface area (TPSA) is 76.6 Å². The lowest BCUT2D eigenvalue weighted by Crippen LogP contribution is -2.38. The van der Waals surface area contributed by atoms with Crippen LogP contribution in [0.25, 0.3) is 0 Å². The molecule has 1 aliphatic heterocycles. The van der Waals surface area contributed by atoms with E-state index in [-0.39, 0.29) is 11.8 Å². The highest BCUT2D eigenvalue weighted by molar-refractivity contribution is 5.79. The molecule has 0 radical (unpaired) electrons. The minimum absolute atomic E-state index is 0.0315. The van der Waals surface area contributed by atoms with Crippen LogP contribution in [0.5, 0.6) is 5.75 Å². The number of hydrogen-bond donors (Lipinski definition) is 1. The van der Waals surface area contributed by atoms with Gasteiger partial charge in [0.1, 0.15) is 5.75 Å². The third-order valence-electron chi connectivity index (χ3n) is 5.40. The molecule has 1 saturated heterocycles. The van der Waals surface area contributed by atoms with Gasteiger partial charge in [-0.3, -0.25) is 4.79 Å².